The van der Waals surface area contributed by atoms with Crippen LogP contribution in [0.25, 0.3) is 11.0 Å². The van der Waals surface area contributed by atoms with Crippen LogP contribution in [-0.4, -0.2) is 17.4 Å². The van der Waals surface area contributed by atoms with Gasteiger partial charge < -0.3 is 9.73 Å². The Labute approximate surface area is 159 Å². The molecule has 132 valence electrons. The van der Waals surface area contributed by atoms with Crippen LogP contribution in [0.3, 0.4) is 0 Å². The smallest absolute Gasteiger partial charge is 0.336 e. The number of benzene rings is 2. The van der Waals surface area contributed by atoms with E-state index in [-0.39, 0.29) is 11.5 Å². The maximum atomic E-state index is 12.5. The molecule has 4 rings (SSSR count). The maximum absolute atomic E-state index is 12.5. The van der Waals surface area contributed by atoms with Gasteiger partial charge in [-0.05, 0) is 59.9 Å². The average Bonchev–Trinajstić information content (AvgIpc) is 2.69. The van der Waals surface area contributed by atoms with Gasteiger partial charge in [-0.1, -0.05) is 12.1 Å². The van der Waals surface area contributed by atoms with Gasteiger partial charge in [0.15, 0.2) is 0 Å². The zero-order valence-corrected chi connectivity index (χ0v) is 15.6. The standard InChI is InChI=1S/C20H17NO3S2/c22-18-9-6-15-12-16(7-8-17(15)24-18)21-19(23)13-2-4-14(5-3-13)20-25-10-1-11-26-20/h2-9,12,20H,1,10-11H2,(H,21,23). The first kappa shape index (κ1) is 17.2. The molecule has 1 aromatic heterocycles. The summed E-state index contributed by atoms with van der Waals surface area (Å²) in [7, 11) is 0. The largest absolute Gasteiger partial charge is 0.423 e. The number of hydrogen-bond donors (Lipinski definition) is 1. The van der Waals surface area contributed by atoms with Crippen LogP contribution < -0.4 is 10.9 Å². The normalized spacial score (nSPS) is 15.1. The van der Waals surface area contributed by atoms with Crippen molar-refractivity contribution in [2.45, 2.75) is 11.0 Å². The lowest BCUT2D eigenvalue weighted by Crippen LogP contribution is -2.12. The minimum Gasteiger partial charge on any atom is -0.423 e. The molecule has 26 heavy (non-hydrogen) atoms. The van der Waals surface area contributed by atoms with Gasteiger partial charge in [0, 0.05) is 22.7 Å². The van der Waals surface area contributed by atoms with Gasteiger partial charge in [0.25, 0.3) is 5.91 Å². The lowest BCUT2D eigenvalue weighted by atomic mass is 10.1. The van der Waals surface area contributed by atoms with Gasteiger partial charge in [-0.2, -0.15) is 0 Å². The molecule has 2 heterocycles. The SMILES string of the molecule is O=C(Nc1ccc2oc(=O)ccc2c1)c1ccc(C2SCCCS2)cc1. The van der Waals surface area contributed by atoms with Crippen molar-refractivity contribution in [1.29, 1.82) is 0 Å². The second-order valence-corrected chi connectivity index (χ2v) is 8.73. The summed E-state index contributed by atoms with van der Waals surface area (Å²) in [6.07, 6.45) is 1.27. The third-order valence-electron chi connectivity index (χ3n) is 4.15. The second kappa shape index (κ2) is 7.60. The molecular weight excluding hydrogens is 366 g/mol. The number of amides is 1. The quantitative estimate of drug-likeness (QED) is 0.651. The molecular formula is C20H17NO3S2. The van der Waals surface area contributed by atoms with Gasteiger partial charge in [0.05, 0.1) is 4.58 Å². The molecule has 6 heteroatoms. The molecule has 1 aliphatic rings. The van der Waals surface area contributed by atoms with Crippen LogP contribution in [0.15, 0.2) is 63.8 Å². The first-order valence-electron chi connectivity index (χ1n) is 8.37. The topological polar surface area (TPSA) is 59.3 Å². The fraction of sp³-hybridized carbons (Fsp3) is 0.200. The summed E-state index contributed by atoms with van der Waals surface area (Å²) < 4.78 is 5.57. The molecule has 0 aliphatic carbocycles. The predicted molar refractivity (Wildman–Crippen MR) is 109 cm³/mol. The maximum Gasteiger partial charge on any atom is 0.336 e. The molecule has 0 spiro atoms. The zero-order valence-electron chi connectivity index (χ0n) is 13.9. The molecule has 1 saturated heterocycles. The molecule has 4 nitrogen and oxygen atoms in total. The highest BCUT2D eigenvalue weighted by Gasteiger charge is 2.17. The van der Waals surface area contributed by atoms with Crippen LogP contribution in [0.2, 0.25) is 0 Å². The lowest BCUT2D eigenvalue weighted by Gasteiger charge is -2.21. The van der Waals surface area contributed by atoms with Crippen molar-refractivity contribution in [2.75, 3.05) is 16.8 Å². The molecule has 0 saturated carbocycles. The number of thioether (sulfide) groups is 2. The Morgan fingerprint density at radius 3 is 2.54 bits per heavy atom. The number of carbonyl (C=O) groups excluding carboxylic acids is 1. The highest BCUT2D eigenvalue weighted by molar-refractivity contribution is 8.16. The van der Waals surface area contributed by atoms with Gasteiger partial charge in [-0.3, -0.25) is 4.79 Å². The van der Waals surface area contributed by atoms with Crippen LogP contribution in [0.5, 0.6) is 0 Å². The first-order chi connectivity index (χ1) is 12.7. The number of nitrogens with one attached hydrogen (secondary N) is 1. The van der Waals surface area contributed by atoms with Gasteiger partial charge >= 0.3 is 5.63 Å². The molecule has 1 aliphatic heterocycles. The Balaban J connectivity index is 1.49. The summed E-state index contributed by atoms with van der Waals surface area (Å²) in [6.45, 7) is 0. The van der Waals surface area contributed by atoms with Gasteiger partial charge in [0.1, 0.15) is 5.58 Å². The average molecular weight is 383 g/mol. The van der Waals surface area contributed by atoms with Crippen molar-refractivity contribution in [2.24, 2.45) is 0 Å². The summed E-state index contributed by atoms with van der Waals surface area (Å²) in [5, 5.41) is 3.66. The van der Waals surface area contributed by atoms with Crippen molar-refractivity contribution in [3.63, 3.8) is 0 Å². The van der Waals surface area contributed by atoms with Crippen molar-refractivity contribution in [3.05, 3.63) is 76.1 Å². The Kier molecular flexibility index (Phi) is 5.04. The minimum atomic E-state index is -0.385. The van der Waals surface area contributed by atoms with Gasteiger partial charge in [-0.25, -0.2) is 4.79 Å². The number of rotatable bonds is 3. The zero-order chi connectivity index (χ0) is 17.9. The third-order valence-corrected chi connectivity index (χ3v) is 7.16. The lowest BCUT2D eigenvalue weighted by molar-refractivity contribution is 0.102. The molecule has 0 radical (unpaired) electrons. The molecule has 0 unspecified atom stereocenters. The summed E-state index contributed by atoms with van der Waals surface area (Å²) in [6, 6.07) is 16.1. The van der Waals surface area contributed by atoms with Crippen LogP contribution in [0, 0.1) is 0 Å². The van der Waals surface area contributed by atoms with Crippen LogP contribution in [-0.2, 0) is 0 Å². The van der Waals surface area contributed by atoms with E-state index in [1.165, 1.54) is 29.6 Å². The molecule has 2 aromatic carbocycles. The molecule has 0 bridgehead atoms. The van der Waals surface area contributed by atoms with E-state index in [0.29, 0.717) is 21.4 Å². The second-order valence-electron chi connectivity index (χ2n) is 6.01. The van der Waals surface area contributed by atoms with E-state index in [2.05, 4.69) is 5.32 Å². The Morgan fingerprint density at radius 1 is 1.00 bits per heavy atom. The Hall–Kier alpha value is -2.18. The van der Waals surface area contributed by atoms with E-state index in [1.807, 2.05) is 47.8 Å². The highest BCUT2D eigenvalue weighted by Crippen LogP contribution is 2.43. The summed E-state index contributed by atoms with van der Waals surface area (Å²) in [5.74, 6) is 2.24. The fourth-order valence-electron chi connectivity index (χ4n) is 2.82. The fourth-order valence-corrected chi connectivity index (χ4v) is 5.72. The summed E-state index contributed by atoms with van der Waals surface area (Å²) in [4.78, 5) is 23.7. The monoisotopic (exact) mass is 383 g/mol. The van der Waals surface area contributed by atoms with Gasteiger partial charge in [-0.15, -0.1) is 23.5 Å². The summed E-state index contributed by atoms with van der Waals surface area (Å²) >= 11 is 3.93. The van der Waals surface area contributed by atoms with Crippen molar-refractivity contribution < 1.29 is 9.21 Å². The Morgan fingerprint density at radius 2 is 1.77 bits per heavy atom. The van der Waals surface area contributed by atoms with E-state index in [1.54, 1.807) is 24.3 Å². The van der Waals surface area contributed by atoms with E-state index in [9.17, 15) is 9.59 Å². The van der Waals surface area contributed by atoms with Crippen molar-refractivity contribution in [1.82, 2.24) is 0 Å². The molecule has 1 N–H and O–H groups in total. The van der Waals surface area contributed by atoms with Crippen molar-refractivity contribution >= 4 is 46.1 Å². The molecule has 3 aromatic rings. The van der Waals surface area contributed by atoms with Crippen LogP contribution >= 0.6 is 23.5 Å². The van der Waals surface area contributed by atoms with E-state index < -0.39 is 0 Å². The molecule has 0 atom stereocenters. The highest BCUT2D eigenvalue weighted by atomic mass is 32.2. The Bertz CT molecular complexity index is 992. The number of carbonyl (C=O) groups is 1. The number of fused-ring (bicyclic) bond motifs is 1. The van der Waals surface area contributed by atoms with Crippen molar-refractivity contribution in [3.8, 4) is 0 Å². The molecule has 1 amide bonds. The van der Waals surface area contributed by atoms with E-state index in [0.717, 1.165) is 5.39 Å². The van der Waals surface area contributed by atoms with E-state index >= 15 is 0 Å². The first-order valence-corrected chi connectivity index (χ1v) is 10.5. The minimum absolute atomic E-state index is 0.155. The summed E-state index contributed by atoms with van der Waals surface area (Å²) in [5.41, 5.74) is 2.67. The number of hydrogen-bond acceptors (Lipinski definition) is 5. The van der Waals surface area contributed by atoms with Crippen LogP contribution in [0.1, 0.15) is 26.9 Å². The van der Waals surface area contributed by atoms with E-state index in [4.69, 9.17) is 4.42 Å². The predicted octanol–water partition coefficient (Wildman–Crippen LogP) is 4.91. The van der Waals surface area contributed by atoms with Crippen LogP contribution in [0.4, 0.5) is 5.69 Å². The number of anilines is 1. The van der Waals surface area contributed by atoms with Gasteiger partial charge in [0.2, 0.25) is 0 Å². The third kappa shape index (κ3) is 3.81. The molecule has 1 fully saturated rings.